The first kappa shape index (κ1) is 16.7. The predicted octanol–water partition coefficient (Wildman–Crippen LogP) is 2.55. The highest BCUT2D eigenvalue weighted by Crippen LogP contribution is 2.32. The highest BCUT2D eigenvalue weighted by atomic mass is 16.6. The van der Waals surface area contributed by atoms with Crippen molar-refractivity contribution in [2.24, 2.45) is 11.1 Å². The van der Waals surface area contributed by atoms with Crippen LogP contribution in [0, 0.1) is 15.5 Å². The Morgan fingerprint density at radius 3 is 2.77 bits per heavy atom. The molecule has 0 bridgehead atoms. The maximum atomic E-state index is 11.0. The van der Waals surface area contributed by atoms with Gasteiger partial charge in [-0.2, -0.15) is 0 Å². The molecule has 6 nitrogen and oxygen atoms in total. The molecule has 1 aromatic carbocycles. The van der Waals surface area contributed by atoms with Gasteiger partial charge in [-0.15, -0.1) is 0 Å². The molecule has 0 spiro atoms. The molecule has 1 atom stereocenters. The lowest BCUT2D eigenvalue weighted by molar-refractivity contribution is -0.385. The molecule has 1 unspecified atom stereocenters. The Kier molecular flexibility index (Phi) is 5.03. The molecule has 1 aliphatic rings. The number of ether oxygens (including phenoxy) is 1. The quantitative estimate of drug-likeness (QED) is 0.645. The minimum atomic E-state index is -0.364. The predicted molar refractivity (Wildman–Crippen MR) is 85.9 cm³/mol. The van der Waals surface area contributed by atoms with Crippen LogP contribution >= 0.6 is 0 Å². The monoisotopic (exact) mass is 307 g/mol. The second kappa shape index (κ2) is 6.62. The van der Waals surface area contributed by atoms with Gasteiger partial charge in [-0.05, 0) is 44.8 Å². The summed E-state index contributed by atoms with van der Waals surface area (Å²) < 4.78 is 5.79. The van der Waals surface area contributed by atoms with Crippen molar-refractivity contribution in [2.75, 3.05) is 19.6 Å². The van der Waals surface area contributed by atoms with E-state index in [1.807, 2.05) is 13.8 Å². The minimum Gasteiger partial charge on any atom is -0.491 e. The Morgan fingerprint density at radius 1 is 1.50 bits per heavy atom. The molecule has 0 aliphatic carbocycles. The van der Waals surface area contributed by atoms with Crippen molar-refractivity contribution in [3.8, 4) is 5.75 Å². The molecule has 0 aromatic heterocycles. The molecule has 2 N–H and O–H groups in total. The molecule has 22 heavy (non-hydrogen) atoms. The van der Waals surface area contributed by atoms with Crippen LogP contribution in [-0.4, -0.2) is 35.6 Å². The van der Waals surface area contributed by atoms with Crippen LogP contribution in [0.1, 0.15) is 32.8 Å². The van der Waals surface area contributed by atoms with Gasteiger partial charge in [0.1, 0.15) is 5.75 Å². The zero-order valence-corrected chi connectivity index (χ0v) is 13.5. The average Bonchev–Trinajstić information content (AvgIpc) is 2.82. The van der Waals surface area contributed by atoms with Gasteiger partial charge >= 0.3 is 0 Å². The lowest BCUT2D eigenvalue weighted by Crippen LogP contribution is -2.31. The number of rotatable bonds is 6. The van der Waals surface area contributed by atoms with E-state index < -0.39 is 0 Å². The second-order valence-corrected chi connectivity index (χ2v) is 6.69. The highest BCUT2D eigenvalue weighted by Gasteiger charge is 2.32. The van der Waals surface area contributed by atoms with Crippen LogP contribution < -0.4 is 10.5 Å². The molecule has 0 radical (unpaired) electrons. The Labute approximate surface area is 131 Å². The van der Waals surface area contributed by atoms with Crippen LogP contribution in [0.15, 0.2) is 18.2 Å². The third-order valence-corrected chi connectivity index (χ3v) is 4.14. The van der Waals surface area contributed by atoms with Gasteiger partial charge in [0.15, 0.2) is 0 Å². The van der Waals surface area contributed by atoms with Crippen molar-refractivity contribution in [3.05, 3.63) is 33.9 Å². The Hall–Kier alpha value is -1.66. The number of benzene rings is 1. The van der Waals surface area contributed by atoms with Gasteiger partial charge in [-0.25, -0.2) is 0 Å². The van der Waals surface area contributed by atoms with Crippen molar-refractivity contribution in [1.82, 2.24) is 4.90 Å². The van der Waals surface area contributed by atoms with E-state index in [-0.39, 0.29) is 22.1 Å². The summed E-state index contributed by atoms with van der Waals surface area (Å²) in [6.45, 7) is 9.27. The van der Waals surface area contributed by atoms with Gasteiger partial charge in [0, 0.05) is 30.8 Å². The number of likely N-dealkylation sites (tertiary alicyclic amines) is 1. The van der Waals surface area contributed by atoms with Crippen LogP contribution in [0.25, 0.3) is 0 Å². The molecule has 1 saturated heterocycles. The van der Waals surface area contributed by atoms with Gasteiger partial charge in [0.05, 0.1) is 11.0 Å². The van der Waals surface area contributed by atoms with Crippen LogP contribution in [0.4, 0.5) is 5.69 Å². The molecular formula is C16H25N3O3. The maximum absolute atomic E-state index is 11.0. The fourth-order valence-electron chi connectivity index (χ4n) is 2.84. The van der Waals surface area contributed by atoms with Gasteiger partial charge in [0.25, 0.3) is 5.69 Å². The number of nitro benzene ring substituents is 1. The topological polar surface area (TPSA) is 81.6 Å². The Balaban J connectivity index is 2.20. The lowest BCUT2D eigenvalue weighted by atomic mass is 9.90. The van der Waals surface area contributed by atoms with Crippen molar-refractivity contribution in [2.45, 2.75) is 39.8 Å². The molecule has 122 valence electrons. The number of hydrogen-bond donors (Lipinski definition) is 1. The molecule has 2 rings (SSSR count). The third-order valence-electron chi connectivity index (χ3n) is 4.14. The first-order valence-electron chi connectivity index (χ1n) is 7.69. The van der Waals surface area contributed by atoms with E-state index in [1.54, 1.807) is 12.1 Å². The number of nitrogens with two attached hydrogens (primary N) is 1. The molecule has 6 heteroatoms. The van der Waals surface area contributed by atoms with E-state index in [1.165, 1.54) is 6.07 Å². The summed E-state index contributed by atoms with van der Waals surface area (Å²) in [6.07, 6.45) is 1.09. The maximum Gasteiger partial charge on any atom is 0.270 e. The molecule has 1 aliphatic heterocycles. The molecule has 1 aromatic rings. The summed E-state index contributed by atoms with van der Waals surface area (Å²) >= 11 is 0. The summed E-state index contributed by atoms with van der Waals surface area (Å²) in [5.74, 6) is 0.724. The van der Waals surface area contributed by atoms with Crippen LogP contribution in [0.2, 0.25) is 0 Å². The zero-order chi connectivity index (χ0) is 16.3. The summed E-state index contributed by atoms with van der Waals surface area (Å²) in [5, 5.41) is 11.0. The first-order valence-corrected chi connectivity index (χ1v) is 7.69. The number of hydrogen-bond acceptors (Lipinski definition) is 5. The fraction of sp³-hybridized carbons (Fsp3) is 0.625. The van der Waals surface area contributed by atoms with E-state index in [2.05, 4.69) is 11.8 Å². The van der Waals surface area contributed by atoms with Crippen molar-refractivity contribution in [3.63, 3.8) is 0 Å². The Bertz CT molecular complexity index is 547. The van der Waals surface area contributed by atoms with Gasteiger partial charge in [-0.1, -0.05) is 6.92 Å². The van der Waals surface area contributed by atoms with E-state index >= 15 is 0 Å². The molecule has 1 heterocycles. The van der Waals surface area contributed by atoms with Gasteiger partial charge < -0.3 is 10.5 Å². The normalized spacial score (nSPS) is 22.2. The number of nitrogens with zero attached hydrogens (tertiary/aromatic N) is 2. The van der Waals surface area contributed by atoms with E-state index in [4.69, 9.17) is 10.5 Å². The molecule has 0 amide bonds. The summed E-state index contributed by atoms with van der Waals surface area (Å²) in [4.78, 5) is 12.9. The first-order chi connectivity index (χ1) is 10.3. The molecule has 1 fully saturated rings. The second-order valence-electron chi connectivity index (χ2n) is 6.69. The average molecular weight is 307 g/mol. The highest BCUT2D eigenvalue weighted by molar-refractivity contribution is 5.44. The van der Waals surface area contributed by atoms with Crippen molar-refractivity contribution < 1.29 is 9.66 Å². The van der Waals surface area contributed by atoms with Crippen LogP contribution in [0.5, 0.6) is 5.75 Å². The molecular weight excluding hydrogens is 282 g/mol. The minimum absolute atomic E-state index is 0.0353. The number of nitro groups is 1. The third kappa shape index (κ3) is 3.96. The smallest absolute Gasteiger partial charge is 0.270 e. The van der Waals surface area contributed by atoms with Crippen LogP contribution in [0.3, 0.4) is 0 Å². The van der Waals surface area contributed by atoms with Gasteiger partial charge in [0.2, 0.25) is 0 Å². The van der Waals surface area contributed by atoms with E-state index in [0.29, 0.717) is 13.1 Å². The van der Waals surface area contributed by atoms with Crippen molar-refractivity contribution >= 4 is 5.69 Å². The van der Waals surface area contributed by atoms with E-state index in [0.717, 1.165) is 30.8 Å². The summed E-state index contributed by atoms with van der Waals surface area (Å²) in [5.41, 5.74) is 6.95. The standard InChI is InChI=1S/C16H25N3O3/c1-12(2)22-15-5-4-14(19(20)21)8-13(15)9-18-7-6-16(3,10-17)11-18/h4-5,8,12H,6-7,9-11,17H2,1-3H3. The lowest BCUT2D eigenvalue weighted by Gasteiger charge is -2.23. The summed E-state index contributed by atoms with van der Waals surface area (Å²) in [6, 6.07) is 4.82. The SMILES string of the molecule is CC(C)Oc1ccc([N+](=O)[O-])cc1CN1CCC(C)(CN)C1. The summed E-state index contributed by atoms with van der Waals surface area (Å²) in [7, 11) is 0. The zero-order valence-electron chi connectivity index (χ0n) is 13.5. The largest absolute Gasteiger partial charge is 0.491 e. The van der Waals surface area contributed by atoms with Gasteiger partial charge in [-0.3, -0.25) is 15.0 Å². The molecule has 0 saturated carbocycles. The Morgan fingerprint density at radius 2 is 2.23 bits per heavy atom. The fourth-order valence-corrected chi connectivity index (χ4v) is 2.84. The number of non-ortho nitro benzene ring substituents is 1. The van der Waals surface area contributed by atoms with Crippen LogP contribution in [-0.2, 0) is 6.54 Å². The van der Waals surface area contributed by atoms with Crippen molar-refractivity contribution in [1.29, 1.82) is 0 Å². The van der Waals surface area contributed by atoms with E-state index in [9.17, 15) is 10.1 Å².